The van der Waals surface area contributed by atoms with E-state index in [4.69, 9.17) is 0 Å². The Kier molecular flexibility index (Phi) is 5.97. The highest BCUT2D eigenvalue weighted by molar-refractivity contribution is 6.61. The molecule has 0 atom stereocenters. The molecule has 0 unspecified atom stereocenters. The average molecular weight is 309 g/mol. The van der Waals surface area contributed by atoms with Crippen LogP contribution in [0.15, 0.2) is 24.5 Å². The summed E-state index contributed by atoms with van der Waals surface area (Å²) < 4.78 is 90.0. The molecule has 1 rings (SSSR count). The molecule has 1 heterocycles. The van der Waals surface area contributed by atoms with Crippen molar-refractivity contribution in [2.45, 2.75) is 32.4 Å². The number of rotatable bonds is 2. The molecule has 1 aromatic heterocycles. The molecular weight excluding hydrogens is 297 g/mol. The molecule has 10 heteroatoms. The molecule has 1 aromatic rings. The Morgan fingerprint density at radius 1 is 1.10 bits per heavy atom. The Bertz CT molecular complexity index is 410. The van der Waals surface area contributed by atoms with Crippen LogP contribution in [0, 0.1) is 6.92 Å². The lowest BCUT2D eigenvalue weighted by molar-refractivity contribution is -0.693. The predicted octanol–water partition coefficient (Wildman–Crippen LogP) is 3.87. The summed E-state index contributed by atoms with van der Waals surface area (Å²) in [7, 11) is 0. The maximum atomic E-state index is 11.2. The third-order valence-corrected chi connectivity index (χ3v) is 2.16. The van der Waals surface area contributed by atoms with Gasteiger partial charge in [0.2, 0.25) is 0 Å². The summed E-state index contributed by atoms with van der Waals surface area (Å²) in [6.45, 7) is -1.91. The van der Waals surface area contributed by atoms with Gasteiger partial charge in [-0.2, -0.15) is 13.2 Å². The molecular formula is C10H12BF8N. The highest BCUT2D eigenvalue weighted by atomic mass is 19.4. The molecule has 0 aliphatic heterocycles. The molecule has 1 nitrogen and oxygen atoms in total. The maximum Gasteiger partial charge on any atom is 0.558 e. The molecule has 0 aliphatic carbocycles. The van der Waals surface area contributed by atoms with Gasteiger partial charge in [-0.25, -0.2) is 13.3 Å². The summed E-state index contributed by atoms with van der Waals surface area (Å²) in [5, 5.41) is 0. The molecule has 0 bridgehead atoms. The minimum Gasteiger partial charge on any atom is -0.445 e. The lowest BCUT2D eigenvalue weighted by atomic mass is 9.80. The fourth-order valence-electron chi connectivity index (χ4n) is 1.04. The quantitative estimate of drug-likeness (QED) is 0.443. The van der Waals surface area contributed by atoms with E-state index in [0.29, 0.717) is 0 Å². The number of aryl methyl sites for hydroxylation is 2. The van der Waals surface area contributed by atoms with E-state index in [-0.39, 0.29) is 0 Å². The number of nitrogens with zero attached hydrogens (tertiary/aromatic N) is 1. The van der Waals surface area contributed by atoms with Crippen molar-refractivity contribution in [1.29, 1.82) is 0 Å². The van der Waals surface area contributed by atoms with Gasteiger partial charge in [0.25, 0.3) is 0 Å². The molecule has 0 amide bonds. The summed E-state index contributed by atoms with van der Waals surface area (Å²) in [6, 6.07) is 4.17. The number of hydrogen-bond acceptors (Lipinski definition) is 0. The van der Waals surface area contributed by atoms with Gasteiger partial charge in [0.15, 0.2) is 12.4 Å². The standard InChI is InChI=1S/C8H12N.C2BF8/c1-3-9-6-4-5-8(2)7-9;4-1(5,2(6,7)8)3(9,10)11/h4-7H,3H2,1-2H3;/q+1;-1. The summed E-state index contributed by atoms with van der Waals surface area (Å²) in [5.41, 5.74) is 1.32. The van der Waals surface area contributed by atoms with Gasteiger partial charge < -0.3 is 12.9 Å². The van der Waals surface area contributed by atoms with Crippen molar-refractivity contribution >= 4 is 6.98 Å². The first-order valence-electron chi connectivity index (χ1n) is 5.42. The largest absolute Gasteiger partial charge is 0.558 e. The smallest absolute Gasteiger partial charge is 0.445 e. The molecule has 20 heavy (non-hydrogen) atoms. The van der Waals surface area contributed by atoms with Crippen LogP contribution in [0.4, 0.5) is 34.9 Å². The zero-order valence-corrected chi connectivity index (χ0v) is 10.6. The molecule has 0 aromatic carbocycles. The van der Waals surface area contributed by atoms with Crippen molar-refractivity contribution in [3.63, 3.8) is 0 Å². The van der Waals surface area contributed by atoms with Crippen LogP contribution < -0.4 is 4.57 Å². The summed E-state index contributed by atoms with van der Waals surface area (Å²) >= 11 is 0. The van der Waals surface area contributed by atoms with Gasteiger partial charge in [0.05, 0.1) is 0 Å². The van der Waals surface area contributed by atoms with E-state index in [1.807, 2.05) is 0 Å². The van der Waals surface area contributed by atoms with Gasteiger partial charge >= 0.3 is 19.0 Å². The van der Waals surface area contributed by atoms with Crippen LogP contribution in [-0.4, -0.2) is 19.0 Å². The number of aromatic nitrogens is 1. The molecule has 0 saturated heterocycles. The van der Waals surface area contributed by atoms with Crippen LogP contribution in [0.2, 0.25) is 0 Å². The zero-order valence-electron chi connectivity index (χ0n) is 10.6. The molecule has 0 radical (unpaired) electrons. The molecule has 0 saturated carbocycles. The van der Waals surface area contributed by atoms with E-state index < -0.39 is 19.0 Å². The first-order valence-corrected chi connectivity index (χ1v) is 5.42. The Hall–Kier alpha value is -1.35. The molecule has 0 aliphatic rings. The van der Waals surface area contributed by atoms with Crippen LogP contribution in [-0.2, 0) is 6.54 Å². The van der Waals surface area contributed by atoms with Crippen molar-refractivity contribution in [1.82, 2.24) is 0 Å². The summed E-state index contributed by atoms with van der Waals surface area (Å²) in [6.07, 6.45) is -2.34. The Morgan fingerprint density at radius 3 is 1.80 bits per heavy atom. The third-order valence-electron chi connectivity index (χ3n) is 2.16. The highest BCUT2D eigenvalue weighted by Crippen LogP contribution is 2.43. The third kappa shape index (κ3) is 4.97. The molecule has 0 N–H and O–H groups in total. The van der Waals surface area contributed by atoms with Gasteiger partial charge in [0.1, 0.15) is 6.54 Å². The lowest BCUT2D eigenvalue weighted by Crippen LogP contribution is -2.53. The second-order valence-corrected chi connectivity index (χ2v) is 3.91. The van der Waals surface area contributed by atoms with Crippen LogP contribution in [0.1, 0.15) is 12.5 Å². The van der Waals surface area contributed by atoms with Crippen LogP contribution >= 0.6 is 0 Å². The van der Waals surface area contributed by atoms with Crippen molar-refractivity contribution in [2.75, 3.05) is 0 Å². The Morgan fingerprint density at radius 2 is 1.60 bits per heavy atom. The van der Waals surface area contributed by atoms with Crippen LogP contribution in [0.5, 0.6) is 0 Å². The van der Waals surface area contributed by atoms with E-state index in [0.717, 1.165) is 6.54 Å². The first-order chi connectivity index (χ1) is 8.83. The fraction of sp³-hybridized carbons (Fsp3) is 0.500. The number of pyridine rings is 1. The highest BCUT2D eigenvalue weighted by Gasteiger charge is 2.69. The van der Waals surface area contributed by atoms with Gasteiger partial charge in [-0.05, 0) is 19.9 Å². The van der Waals surface area contributed by atoms with E-state index in [2.05, 4.69) is 42.9 Å². The first kappa shape index (κ1) is 18.7. The van der Waals surface area contributed by atoms with E-state index in [1.165, 1.54) is 5.56 Å². The molecule has 0 spiro atoms. The van der Waals surface area contributed by atoms with Crippen molar-refractivity contribution < 1.29 is 39.5 Å². The SMILES string of the molecule is CC[n+]1cccc(C)c1.F[B-](F)(F)C(F)(F)C(F)(F)F. The molecule has 0 fully saturated rings. The van der Waals surface area contributed by atoms with Gasteiger partial charge in [0, 0.05) is 11.6 Å². The van der Waals surface area contributed by atoms with E-state index >= 15 is 0 Å². The summed E-state index contributed by atoms with van der Waals surface area (Å²) in [5.74, 6) is -6.56. The van der Waals surface area contributed by atoms with Crippen molar-refractivity contribution in [3.05, 3.63) is 30.1 Å². The number of hydrogen-bond donors (Lipinski definition) is 0. The minimum absolute atomic E-state index is 1.06. The minimum atomic E-state index is -7.21. The number of alkyl halides is 5. The van der Waals surface area contributed by atoms with E-state index in [9.17, 15) is 34.9 Å². The Labute approximate surface area is 110 Å². The normalized spacial score (nSPS) is 12.7. The van der Waals surface area contributed by atoms with Gasteiger partial charge in [-0.15, -0.1) is 0 Å². The summed E-state index contributed by atoms with van der Waals surface area (Å²) in [4.78, 5) is 0. The predicted molar refractivity (Wildman–Crippen MR) is 57.1 cm³/mol. The molecule has 116 valence electrons. The number of halogens is 8. The second-order valence-electron chi connectivity index (χ2n) is 3.91. The van der Waals surface area contributed by atoms with Crippen molar-refractivity contribution in [3.8, 4) is 0 Å². The lowest BCUT2D eigenvalue weighted by Gasteiger charge is -2.28. The second kappa shape index (κ2) is 6.40. The van der Waals surface area contributed by atoms with Crippen LogP contribution in [0.25, 0.3) is 0 Å². The fourth-order valence-corrected chi connectivity index (χ4v) is 1.04. The maximum absolute atomic E-state index is 11.2. The van der Waals surface area contributed by atoms with E-state index in [1.54, 1.807) is 0 Å². The average Bonchev–Trinajstić information content (AvgIpc) is 2.27. The van der Waals surface area contributed by atoms with Gasteiger partial charge in [-0.3, -0.25) is 0 Å². The zero-order chi connectivity index (χ0) is 16.2. The van der Waals surface area contributed by atoms with Gasteiger partial charge in [-0.1, -0.05) is 0 Å². The topological polar surface area (TPSA) is 3.88 Å². The monoisotopic (exact) mass is 309 g/mol. The Balaban J connectivity index is 0.000000367. The van der Waals surface area contributed by atoms with Crippen molar-refractivity contribution in [2.24, 2.45) is 0 Å². The van der Waals surface area contributed by atoms with Crippen LogP contribution in [0.3, 0.4) is 0 Å².